The summed E-state index contributed by atoms with van der Waals surface area (Å²) in [7, 11) is 0. The summed E-state index contributed by atoms with van der Waals surface area (Å²) in [5, 5.41) is 0. The summed E-state index contributed by atoms with van der Waals surface area (Å²) in [6.07, 6.45) is 3.93. The molecule has 3 heteroatoms. The molecule has 1 aliphatic carbocycles. The van der Waals surface area contributed by atoms with Gasteiger partial charge in [-0.1, -0.05) is 6.07 Å². The van der Waals surface area contributed by atoms with E-state index in [0.717, 1.165) is 12.0 Å². The van der Waals surface area contributed by atoms with Gasteiger partial charge in [0.2, 0.25) is 0 Å². The van der Waals surface area contributed by atoms with E-state index >= 15 is 0 Å². The zero-order valence-corrected chi connectivity index (χ0v) is 7.36. The quantitative estimate of drug-likeness (QED) is 0.705. The molecule has 2 rings (SSSR count). The fourth-order valence-electron chi connectivity index (χ4n) is 1.85. The number of nitrogen functional groups attached to an aromatic ring is 1. The van der Waals surface area contributed by atoms with Crippen molar-refractivity contribution in [1.82, 2.24) is 4.98 Å². The average Bonchev–Trinajstić information content (AvgIpc) is 2.53. The lowest BCUT2D eigenvalue weighted by atomic mass is 9.98. The van der Waals surface area contributed by atoms with Gasteiger partial charge in [-0.15, -0.1) is 0 Å². The number of ketones is 1. The average molecular weight is 176 g/mol. The van der Waals surface area contributed by atoms with Crippen LogP contribution in [0.25, 0.3) is 0 Å². The normalized spacial score (nSPS) is 22.2. The number of nitrogens with zero attached hydrogens (tertiary/aromatic N) is 1. The molecule has 1 saturated carbocycles. The van der Waals surface area contributed by atoms with Gasteiger partial charge in [0, 0.05) is 19.0 Å². The van der Waals surface area contributed by atoms with Crippen LogP contribution in [0.5, 0.6) is 0 Å². The first kappa shape index (κ1) is 8.23. The Balaban J connectivity index is 2.26. The van der Waals surface area contributed by atoms with Crippen LogP contribution in [0.4, 0.5) is 5.82 Å². The first-order valence-electron chi connectivity index (χ1n) is 4.49. The highest BCUT2D eigenvalue weighted by Gasteiger charge is 2.24. The molecule has 1 fully saturated rings. The molecule has 2 N–H and O–H groups in total. The third kappa shape index (κ3) is 1.54. The van der Waals surface area contributed by atoms with Crippen LogP contribution in [0.2, 0.25) is 0 Å². The lowest BCUT2D eigenvalue weighted by Gasteiger charge is -2.09. The van der Waals surface area contributed by atoms with Crippen molar-refractivity contribution < 1.29 is 4.79 Å². The first-order valence-corrected chi connectivity index (χ1v) is 4.49. The highest BCUT2D eigenvalue weighted by Crippen LogP contribution is 2.33. The van der Waals surface area contributed by atoms with Crippen molar-refractivity contribution in [2.45, 2.75) is 25.2 Å². The second kappa shape index (κ2) is 3.17. The Morgan fingerprint density at radius 3 is 3.00 bits per heavy atom. The van der Waals surface area contributed by atoms with Crippen LogP contribution in [0.1, 0.15) is 30.7 Å². The molecule has 1 aromatic heterocycles. The summed E-state index contributed by atoms with van der Waals surface area (Å²) >= 11 is 0. The van der Waals surface area contributed by atoms with Gasteiger partial charge in [-0.3, -0.25) is 4.79 Å². The predicted molar refractivity (Wildman–Crippen MR) is 50.2 cm³/mol. The lowest BCUT2D eigenvalue weighted by Crippen LogP contribution is -2.01. The number of hydrogen-bond donors (Lipinski definition) is 1. The highest BCUT2D eigenvalue weighted by molar-refractivity contribution is 5.82. The van der Waals surface area contributed by atoms with Crippen LogP contribution in [-0.4, -0.2) is 10.8 Å². The summed E-state index contributed by atoms with van der Waals surface area (Å²) in [6, 6.07) is 3.83. The van der Waals surface area contributed by atoms with Crippen molar-refractivity contribution in [1.29, 1.82) is 0 Å². The molecule has 1 heterocycles. The fraction of sp³-hybridized carbons (Fsp3) is 0.400. The number of carbonyl (C=O) groups is 1. The molecule has 0 radical (unpaired) electrons. The van der Waals surface area contributed by atoms with Crippen LogP contribution in [0, 0.1) is 0 Å². The molecule has 0 aliphatic heterocycles. The maximum atomic E-state index is 11.1. The topological polar surface area (TPSA) is 56.0 Å². The molecule has 3 nitrogen and oxygen atoms in total. The number of Topliss-reactive ketones (excluding diaryl/α,β-unsaturated/α-hetero) is 1. The van der Waals surface area contributed by atoms with Crippen molar-refractivity contribution in [3.05, 3.63) is 23.9 Å². The number of aromatic nitrogens is 1. The van der Waals surface area contributed by atoms with Crippen LogP contribution in [0.15, 0.2) is 18.3 Å². The standard InChI is InChI=1S/C10H12N2O/c11-10-9(2-1-5-12-10)7-3-4-8(13)6-7/h1-2,5,7H,3-4,6H2,(H2,11,12). The molecular formula is C10H12N2O. The number of anilines is 1. The molecule has 1 atom stereocenters. The fourth-order valence-corrected chi connectivity index (χ4v) is 1.85. The number of nitrogens with two attached hydrogens (primary N) is 1. The van der Waals surface area contributed by atoms with Crippen LogP contribution < -0.4 is 5.73 Å². The van der Waals surface area contributed by atoms with Crippen LogP contribution in [0.3, 0.4) is 0 Å². The van der Waals surface area contributed by atoms with Crippen molar-refractivity contribution in [3.63, 3.8) is 0 Å². The molecule has 1 aromatic rings. The van der Waals surface area contributed by atoms with E-state index in [0.29, 0.717) is 30.4 Å². The molecule has 0 aromatic carbocycles. The second-order valence-corrected chi connectivity index (χ2v) is 3.46. The molecule has 1 unspecified atom stereocenters. The van der Waals surface area contributed by atoms with Gasteiger partial charge in [0.1, 0.15) is 11.6 Å². The number of carbonyl (C=O) groups excluding carboxylic acids is 1. The molecule has 1 aliphatic rings. The van der Waals surface area contributed by atoms with E-state index in [-0.39, 0.29) is 0 Å². The number of rotatable bonds is 1. The van der Waals surface area contributed by atoms with Gasteiger partial charge in [-0.2, -0.15) is 0 Å². The third-order valence-electron chi connectivity index (χ3n) is 2.56. The Morgan fingerprint density at radius 2 is 2.38 bits per heavy atom. The van der Waals surface area contributed by atoms with E-state index in [1.54, 1.807) is 6.20 Å². The third-order valence-corrected chi connectivity index (χ3v) is 2.56. The predicted octanol–water partition coefficient (Wildman–Crippen LogP) is 1.50. The second-order valence-electron chi connectivity index (χ2n) is 3.46. The zero-order valence-electron chi connectivity index (χ0n) is 7.36. The molecule has 68 valence electrons. The summed E-state index contributed by atoms with van der Waals surface area (Å²) < 4.78 is 0. The van der Waals surface area contributed by atoms with Crippen molar-refractivity contribution >= 4 is 11.6 Å². The van der Waals surface area contributed by atoms with Gasteiger partial charge in [-0.05, 0) is 24.0 Å². The van der Waals surface area contributed by atoms with E-state index in [1.807, 2.05) is 12.1 Å². The Kier molecular flexibility index (Phi) is 2.00. The molecular weight excluding hydrogens is 164 g/mol. The van der Waals surface area contributed by atoms with Gasteiger partial charge in [0.25, 0.3) is 0 Å². The van der Waals surface area contributed by atoms with Crippen LogP contribution >= 0.6 is 0 Å². The summed E-state index contributed by atoms with van der Waals surface area (Å²) in [4.78, 5) is 15.1. The van der Waals surface area contributed by atoms with E-state index in [1.165, 1.54) is 0 Å². The van der Waals surface area contributed by atoms with E-state index in [9.17, 15) is 4.79 Å². The SMILES string of the molecule is Nc1ncccc1C1CCC(=O)C1. The first-order chi connectivity index (χ1) is 6.27. The molecule has 0 spiro atoms. The minimum Gasteiger partial charge on any atom is -0.383 e. The van der Waals surface area contributed by atoms with Gasteiger partial charge >= 0.3 is 0 Å². The molecule has 0 bridgehead atoms. The smallest absolute Gasteiger partial charge is 0.133 e. The Hall–Kier alpha value is -1.38. The number of hydrogen-bond acceptors (Lipinski definition) is 3. The lowest BCUT2D eigenvalue weighted by molar-refractivity contribution is -0.117. The maximum Gasteiger partial charge on any atom is 0.133 e. The van der Waals surface area contributed by atoms with E-state index < -0.39 is 0 Å². The van der Waals surface area contributed by atoms with Crippen molar-refractivity contribution in [2.75, 3.05) is 5.73 Å². The summed E-state index contributed by atoms with van der Waals surface area (Å²) in [6.45, 7) is 0. The molecule has 0 amide bonds. The highest BCUT2D eigenvalue weighted by atomic mass is 16.1. The van der Waals surface area contributed by atoms with Crippen LogP contribution in [-0.2, 0) is 4.79 Å². The van der Waals surface area contributed by atoms with Crippen molar-refractivity contribution in [3.8, 4) is 0 Å². The Bertz CT molecular complexity index is 335. The van der Waals surface area contributed by atoms with Gasteiger partial charge < -0.3 is 5.73 Å². The van der Waals surface area contributed by atoms with Crippen molar-refractivity contribution in [2.24, 2.45) is 0 Å². The van der Waals surface area contributed by atoms with Gasteiger partial charge in [0.15, 0.2) is 0 Å². The van der Waals surface area contributed by atoms with Gasteiger partial charge in [-0.25, -0.2) is 4.98 Å². The minimum atomic E-state index is 0.307. The monoisotopic (exact) mass is 176 g/mol. The van der Waals surface area contributed by atoms with E-state index in [4.69, 9.17) is 5.73 Å². The summed E-state index contributed by atoms with van der Waals surface area (Å²) in [5.74, 6) is 1.22. The van der Waals surface area contributed by atoms with E-state index in [2.05, 4.69) is 4.98 Å². The largest absolute Gasteiger partial charge is 0.383 e. The number of pyridine rings is 1. The Labute approximate surface area is 77.0 Å². The van der Waals surface area contributed by atoms with Gasteiger partial charge in [0.05, 0.1) is 0 Å². The zero-order chi connectivity index (χ0) is 9.26. The summed E-state index contributed by atoms with van der Waals surface area (Å²) in [5.41, 5.74) is 6.76. The minimum absolute atomic E-state index is 0.307. The molecule has 0 saturated heterocycles. The maximum absolute atomic E-state index is 11.1. The Morgan fingerprint density at radius 1 is 1.54 bits per heavy atom. The molecule has 13 heavy (non-hydrogen) atoms.